The van der Waals surface area contributed by atoms with E-state index in [-0.39, 0.29) is 11.7 Å². The second-order valence-electron chi connectivity index (χ2n) is 5.69. The SMILES string of the molecule is COc1cc(-c2cc(C(C)OC)no2)cc2oc(=O)c(C)c(C)c12. The second-order valence-corrected chi connectivity index (χ2v) is 5.69. The van der Waals surface area contributed by atoms with E-state index in [1.807, 2.05) is 19.9 Å². The molecule has 0 aliphatic carbocycles. The number of benzene rings is 1. The Labute approximate surface area is 139 Å². The minimum Gasteiger partial charge on any atom is -0.496 e. The highest BCUT2D eigenvalue weighted by molar-refractivity contribution is 5.91. The Balaban J connectivity index is 2.22. The zero-order chi connectivity index (χ0) is 17.4. The maximum absolute atomic E-state index is 12.0. The van der Waals surface area contributed by atoms with Gasteiger partial charge in [0.1, 0.15) is 17.0 Å². The topological polar surface area (TPSA) is 74.7 Å². The van der Waals surface area contributed by atoms with Gasteiger partial charge >= 0.3 is 5.63 Å². The average molecular weight is 329 g/mol. The van der Waals surface area contributed by atoms with E-state index in [1.165, 1.54) is 0 Å². The van der Waals surface area contributed by atoms with Crippen molar-refractivity contribution in [2.45, 2.75) is 26.9 Å². The first kappa shape index (κ1) is 16.3. The van der Waals surface area contributed by atoms with Crippen LogP contribution < -0.4 is 10.4 Å². The fraction of sp³-hybridized carbons (Fsp3) is 0.333. The van der Waals surface area contributed by atoms with Crippen molar-refractivity contribution >= 4 is 11.0 Å². The van der Waals surface area contributed by atoms with Crippen molar-refractivity contribution in [2.24, 2.45) is 0 Å². The van der Waals surface area contributed by atoms with Crippen LogP contribution in [-0.4, -0.2) is 19.4 Å². The molecule has 24 heavy (non-hydrogen) atoms. The monoisotopic (exact) mass is 329 g/mol. The molecule has 0 radical (unpaired) electrons. The van der Waals surface area contributed by atoms with E-state index in [1.54, 1.807) is 33.3 Å². The van der Waals surface area contributed by atoms with Crippen LogP contribution in [0.3, 0.4) is 0 Å². The van der Waals surface area contributed by atoms with Crippen molar-refractivity contribution in [3.05, 3.63) is 45.4 Å². The van der Waals surface area contributed by atoms with Gasteiger partial charge in [0.15, 0.2) is 5.76 Å². The smallest absolute Gasteiger partial charge is 0.339 e. The third-order valence-corrected chi connectivity index (χ3v) is 4.32. The highest BCUT2D eigenvalue weighted by Gasteiger charge is 2.17. The molecular weight excluding hydrogens is 310 g/mol. The van der Waals surface area contributed by atoms with Gasteiger partial charge in [0, 0.05) is 24.3 Å². The first-order valence-electron chi connectivity index (χ1n) is 7.58. The van der Waals surface area contributed by atoms with Gasteiger partial charge < -0.3 is 18.4 Å². The number of aryl methyl sites for hydroxylation is 1. The molecule has 3 aromatic rings. The molecule has 0 saturated heterocycles. The minimum atomic E-state index is -0.356. The van der Waals surface area contributed by atoms with Crippen molar-refractivity contribution in [1.82, 2.24) is 5.16 Å². The Bertz CT molecular complexity index is 954. The van der Waals surface area contributed by atoms with Crippen LogP contribution in [-0.2, 0) is 4.74 Å². The van der Waals surface area contributed by atoms with E-state index >= 15 is 0 Å². The molecule has 0 saturated carbocycles. The summed E-state index contributed by atoms with van der Waals surface area (Å²) in [7, 11) is 3.19. The quantitative estimate of drug-likeness (QED) is 0.678. The molecule has 1 unspecified atom stereocenters. The lowest BCUT2D eigenvalue weighted by Gasteiger charge is -2.10. The van der Waals surface area contributed by atoms with Crippen LogP contribution in [0.5, 0.6) is 5.75 Å². The molecule has 0 bridgehead atoms. The average Bonchev–Trinajstić information content (AvgIpc) is 3.08. The maximum atomic E-state index is 12.0. The summed E-state index contributed by atoms with van der Waals surface area (Å²) in [5.41, 5.74) is 2.92. The Kier molecular flexibility index (Phi) is 4.15. The largest absolute Gasteiger partial charge is 0.496 e. The first-order chi connectivity index (χ1) is 11.5. The molecule has 1 aromatic carbocycles. The number of aromatic nitrogens is 1. The van der Waals surface area contributed by atoms with Crippen molar-refractivity contribution < 1.29 is 18.4 Å². The fourth-order valence-electron chi connectivity index (χ4n) is 2.60. The van der Waals surface area contributed by atoms with Crippen molar-refractivity contribution in [3.8, 4) is 17.1 Å². The fourth-order valence-corrected chi connectivity index (χ4v) is 2.60. The molecule has 6 heteroatoms. The zero-order valence-corrected chi connectivity index (χ0v) is 14.3. The van der Waals surface area contributed by atoms with Crippen molar-refractivity contribution in [1.29, 1.82) is 0 Å². The Hall–Kier alpha value is -2.60. The Morgan fingerprint density at radius 1 is 1.12 bits per heavy atom. The number of ether oxygens (including phenoxy) is 2. The van der Waals surface area contributed by atoms with E-state index in [4.69, 9.17) is 18.4 Å². The van der Waals surface area contributed by atoms with Gasteiger partial charge in [-0.25, -0.2) is 4.79 Å². The highest BCUT2D eigenvalue weighted by atomic mass is 16.5. The summed E-state index contributed by atoms with van der Waals surface area (Å²) in [5, 5.41) is 4.80. The molecular formula is C18H19NO5. The predicted octanol–water partition coefficient (Wildman–Crippen LogP) is 3.78. The van der Waals surface area contributed by atoms with E-state index in [0.717, 1.165) is 10.9 Å². The standard InChI is InChI=1S/C18H19NO5/c1-9-10(2)18(20)23-16-7-12(6-15(22-5)17(9)16)14-8-13(19-24-14)11(3)21-4/h6-8,11H,1-5H3. The van der Waals surface area contributed by atoms with E-state index in [9.17, 15) is 4.79 Å². The zero-order valence-electron chi connectivity index (χ0n) is 14.3. The first-order valence-corrected chi connectivity index (χ1v) is 7.58. The van der Waals surface area contributed by atoms with Crippen LogP contribution in [0.4, 0.5) is 0 Å². The summed E-state index contributed by atoms with van der Waals surface area (Å²) in [6, 6.07) is 5.40. The summed E-state index contributed by atoms with van der Waals surface area (Å²) >= 11 is 0. The number of hydrogen-bond acceptors (Lipinski definition) is 6. The summed E-state index contributed by atoms with van der Waals surface area (Å²) in [5.74, 6) is 1.17. The summed E-state index contributed by atoms with van der Waals surface area (Å²) in [4.78, 5) is 12.0. The van der Waals surface area contributed by atoms with Gasteiger partial charge in [0.2, 0.25) is 0 Å². The Morgan fingerprint density at radius 3 is 2.54 bits per heavy atom. The lowest BCUT2D eigenvalue weighted by atomic mass is 10.0. The second kappa shape index (κ2) is 6.13. The summed E-state index contributed by atoms with van der Waals surface area (Å²) in [6.07, 6.45) is -0.173. The van der Waals surface area contributed by atoms with Crippen LogP contribution in [0.25, 0.3) is 22.3 Å². The number of nitrogens with zero attached hydrogens (tertiary/aromatic N) is 1. The van der Waals surface area contributed by atoms with Gasteiger partial charge in [-0.15, -0.1) is 0 Å². The highest BCUT2D eigenvalue weighted by Crippen LogP contribution is 2.35. The van der Waals surface area contributed by atoms with Crippen LogP contribution in [0.2, 0.25) is 0 Å². The van der Waals surface area contributed by atoms with E-state index in [2.05, 4.69) is 5.16 Å². The van der Waals surface area contributed by atoms with Crippen LogP contribution >= 0.6 is 0 Å². The Morgan fingerprint density at radius 2 is 1.88 bits per heavy atom. The number of methoxy groups -OCH3 is 2. The van der Waals surface area contributed by atoms with Crippen LogP contribution in [0.15, 0.2) is 31.9 Å². The molecule has 3 rings (SSSR count). The molecule has 0 fully saturated rings. The number of hydrogen-bond donors (Lipinski definition) is 0. The molecule has 0 spiro atoms. The summed E-state index contributed by atoms with van der Waals surface area (Å²) in [6.45, 7) is 5.50. The molecule has 6 nitrogen and oxygen atoms in total. The van der Waals surface area contributed by atoms with E-state index < -0.39 is 0 Å². The molecule has 2 aromatic heterocycles. The van der Waals surface area contributed by atoms with Gasteiger partial charge in [-0.2, -0.15) is 0 Å². The van der Waals surface area contributed by atoms with Crippen molar-refractivity contribution in [2.75, 3.05) is 14.2 Å². The molecule has 126 valence electrons. The third kappa shape index (κ3) is 2.59. The van der Waals surface area contributed by atoms with Gasteiger partial charge in [-0.3, -0.25) is 0 Å². The molecule has 0 aliphatic rings. The molecule has 0 amide bonds. The lowest BCUT2D eigenvalue weighted by molar-refractivity contribution is 0.112. The maximum Gasteiger partial charge on any atom is 0.339 e. The number of rotatable bonds is 4. The van der Waals surface area contributed by atoms with Crippen LogP contribution in [0, 0.1) is 13.8 Å². The number of fused-ring (bicyclic) bond motifs is 1. The molecule has 0 N–H and O–H groups in total. The van der Waals surface area contributed by atoms with Gasteiger partial charge in [-0.05, 0) is 38.5 Å². The lowest BCUT2D eigenvalue weighted by Crippen LogP contribution is -2.06. The van der Waals surface area contributed by atoms with E-state index in [0.29, 0.717) is 33.9 Å². The minimum absolute atomic E-state index is 0.173. The predicted molar refractivity (Wildman–Crippen MR) is 89.4 cm³/mol. The summed E-state index contributed by atoms with van der Waals surface area (Å²) < 4.78 is 21.6. The van der Waals surface area contributed by atoms with Gasteiger partial charge in [-0.1, -0.05) is 5.16 Å². The van der Waals surface area contributed by atoms with Gasteiger partial charge in [0.05, 0.1) is 18.6 Å². The van der Waals surface area contributed by atoms with Gasteiger partial charge in [0.25, 0.3) is 0 Å². The molecule has 2 heterocycles. The normalized spacial score (nSPS) is 12.5. The molecule has 1 atom stereocenters. The molecule has 0 aliphatic heterocycles. The third-order valence-electron chi connectivity index (χ3n) is 4.32. The van der Waals surface area contributed by atoms with Crippen LogP contribution in [0.1, 0.15) is 29.8 Å². The van der Waals surface area contributed by atoms with Crippen molar-refractivity contribution in [3.63, 3.8) is 0 Å².